The molecule has 0 heterocycles. The lowest BCUT2D eigenvalue weighted by atomic mass is 10.0. The van der Waals surface area contributed by atoms with Gasteiger partial charge in [-0.25, -0.2) is 4.39 Å². The highest BCUT2D eigenvalue weighted by Crippen LogP contribution is 2.21. The summed E-state index contributed by atoms with van der Waals surface area (Å²) in [4.78, 5) is 0. The molecule has 0 aromatic heterocycles. The summed E-state index contributed by atoms with van der Waals surface area (Å²) >= 11 is 5.48. The summed E-state index contributed by atoms with van der Waals surface area (Å²) < 4.78 is 13.3. The van der Waals surface area contributed by atoms with Crippen LogP contribution in [0.25, 0.3) is 0 Å². The second-order valence-corrected chi connectivity index (χ2v) is 3.63. The second-order valence-electron chi connectivity index (χ2n) is 3.36. The van der Waals surface area contributed by atoms with Gasteiger partial charge in [0.1, 0.15) is 11.9 Å². The first kappa shape index (κ1) is 12.9. The van der Waals surface area contributed by atoms with Crippen LogP contribution in [0.1, 0.15) is 23.7 Å². The third kappa shape index (κ3) is 2.92. The Morgan fingerprint density at radius 1 is 1.44 bits per heavy atom. The fraction of sp³-hybridized carbons (Fsp3) is 0.364. The largest absolute Gasteiger partial charge is 0.389 e. The Balaban J connectivity index is 2.89. The van der Waals surface area contributed by atoms with E-state index >= 15 is 0 Å². The van der Waals surface area contributed by atoms with Crippen LogP contribution in [0.4, 0.5) is 4.39 Å². The normalized spacial score (nSPS) is 14.2. The van der Waals surface area contributed by atoms with Gasteiger partial charge in [0, 0.05) is 5.56 Å². The van der Waals surface area contributed by atoms with Crippen molar-refractivity contribution in [3.8, 4) is 6.07 Å². The third-order valence-electron chi connectivity index (χ3n) is 2.23. The molecule has 0 saturated carbocycles. The fourth-order valence-corrected chi connectivity index (χ4v) is 1.50. The molecule has 3 nitrogen and oxygen atoms in total. The van der Waals surface area contributed by atoms with Gasteiger partial charge in [0.2, 0.25) is 0 Å². The average molecular weight is 244 g/mol. The van der Waals surface area contributed by atoms with Gasteiger partial charge in [-0.1, -0.05) is 12.1 Å². The molecule has 0 aliphatic heterocycles. The second kappa shape index (κ2) is 5.80. The first-order valence-electron chi connectivity index (χ1n) is 4.67. The van der Waals surface area contributed by atoms with E-state index in [0.717, 1.165) is 6.07 Å². The minimum absolute atomic E-state index is 0.0446. The molecule has 2 N–H and O–H groups in total. The first-order chi connectivity index (χ1) is 7.60. The van der Waals surface area contributed by atoms with Crippen LogP contribution in [0, 0.1) is 17.1 Å². The summed E-state index contributed by atoms with van der Waals surface area (Å²) in [6, 6.07) is 5.77. The molecule has 0 saturated heterocycles. The number of halogens is 2. The Morgan fingerprint density at radius 2 is 2.12 bits per heavy atom. The van der Waals surface area contributed by atoms with E-state index in [4.69, 9.17) is 16.9 Å². The van der Waals surface area contributed by atoms with Crippen molar-refractivity contribution in [3.63, 3.8) is 0 Å². The number of aliphatic hydroxyl groups excluding tert-OH is 2. The zero-order chi connectivity index (χ0) is 12.1. The zero-order valence-electron chi connectivity index (χ0n) is 8.40. The van der Waals surface area contributed by atoms with Crippen molar-refractivity contribution in [1.82, 2.24) is 0 Å². The van der Waals surface area contributed by atoms with E-state index in [-0.39, 0.29) is 17.9 Å². The van der Waals surface area contributed by atoms with Crippen LogP contribution < -0.4 is 0 Å². The van der Waals surface area contributed by atoms with Gasteiger partial charge in [-0.2, -0.15) is 5.26 Å². The van der Waals surface area contributed by atoms with E-state index < -0.39 is 18.0 Å². The molecule has 0 aliphatic carbocycles. The molecule has 1 aromatic rings. The number of hydrogen-bond donors (Lipinski definition) is 2. The summed E-state index contributed by atoms with van der Waals surface area (Å²) in [6.07, 6.45) is -2.69. The van der Waals surface area contributed by atoms with Gasteiger partial charge in [0.25, 0.3) is 0 Å². The minimum Gasteiger partial charge on any atom is -0.389 e. The van der Waals surface area contributed by atoms with Gasteiger partial charge in [0.15, 0.2) is 0 Å². The van der Waals surface area contributed by atoms with Crippen molar-refractivity contribution < 1.29 is 14.6 Å². The smallest absolute Gasteiger partial charge is 0.127 e. The van der Waals surface area contributed by atoms with Crippen LogP contribution >= 0.6 is 11.6 Å². The van der Waals surface area contributed by atoms with E-state index in [1.807, 2.05) is 0 Å². The number of benzene rings is 1. The van der Waals surface area contributed by atoms with Crippen molar-refractivity contribution in [1.29, 1.82) is 5.26 Å². The zero-order valence-corrected chi connectivity index (χ0v) is 9.15. The van der Waals surface area contributed by atoms with Crippen molar-refractivity contribution >= 4 is 11.6 Å². The Labute approximate surface area is 97.7 Å². The molecule has 1 rings (SSSR count). The molecule has 5 heteroatoms. The minimum atomic E-state index is -1.27. The van der Waals surface area contributed by atoms with Gasteiger partial charge < -0.3 is 10.2 Å². The van der Waals surface area contributed by atoms with Crippen LogP contribution in [0.15, 0.2) is 18.2 Å². The molecular weight excluding hydrogens is 233 g/mol. The lowest BCUT2D eigenvalue weighted by Gasteiger charge is -2.16. The SMILES string of the molecule is N#CCC(O)C(O)c1ccc(CCl)c(F)c1. The highest BCUT2D eigenvalue weighted by molar-refractivity contribution is 6.17. The molecule has 0 amide bonds. The van der Waals surface area contributed by atoms with Gasteiger partial charge >= 0.3 is 0 Å². The topological polar surface area (TPSA) is 64.2 Å². The molecule has 2 atom stereocenters. The van der Waals surface area contributed by atoms with Gasteiger partial charge in [0.05, 0.1) is 24.5 Å². The fourth-order valence-electron chi connectivity index (χ4n) is 1.28. The summed E-state index contributed by atoms with van der Waals surface area (Å²) in [5.74, 6) is -0.487. The van der Waals surface area contributed by atoms with Crippen molar-refractivity contribution in [3.05, 3.63) is 35.1 Å². The molecule has 86 valence electrons. The standard InChI is InChI=1S/C11H11ClFNO2/c12-6-8-2-1-7(5-9(8)13)11(16)10(15)3-4-14/h1-2,5,10-11,15-16H,3,6H2. The average Bonchev–Trinajstić information content (AvgIpc) is 2.28. The van der Waals surface area contributed by atoms with Gasteiger partial charge in [-0.3, -0.25) is 0 Å². The quantitative estimate of drug-likeness (QED) is 0.794. The van der Waals surface area contributed by atoms with E-state index in [1.165, 1.54) is 12.1 Å². The number of hydrogen-bond acceptors (Lipinski definition) is 3. The molecule has 0 bridgehead atoms. The van der Waals surface area contributed by atoms with Crippen LogP contribution in [0.2, 0.25) is 0 Å². The molecule has 0 fully saturated rings. The Kier molecular flexibility index (Phi) is 4.69. The molecule has 1 aromatic carbocycles. The van der Waals surface area contributed by atoms with Crippen molar-refractivity contribution in [2.45, 2.75) is 24.5 Å². The Hall–Kier alpha value is -1.15. The van der Waals surface area contributed by atoms with Crippen molar-refractivity contribution in [2.24, 2.45) is 0 Å². The predicted octanol–water partition coefficient (Wildman–Crippen LogP) is 1.87. The van der Waals surface area contributed by atoms with Crippen LogP contribution in [-0.2, 0) is 5.88 Å². The number of alkyl halides is 1. The molecule has 0 spiro atoms. The number of nitriles is 1. The molecular formula is C11H11ClFNO2. The van der Waals surface area contributed by atoms with Crippen LogP contribution in [-0.4, -0.2) is 16.3 Å². The van der Waals surface area contributed by atoms with Gasteiger partial charge in [-0.05, 0) is 11.6 Å². The first-order valence-corrected chi connectivity index (χ1v) is 5.21. The predicted molar refractivity (Wildman–Crippen MR) is 57.2 cm³/mol. The van der Waals surface area contributed by atoms with Crippen molar-refractivity contribution in [2.75, 3.05) is 0 Å². The van der Waals surface area contributed by atoms with Crippen LogP contribution in [0.5, 0.6) is 0 Å². The maximum Gasteiger partial charge on any atom is 0.127 e. The maximum absolute atomic E-state index is 13.3. The lowest BCUT2D eigenvalue weighted by Crippen LogP contribution is -2.17. The number of aliphatic hydroxyl groups is 2. The molecule has 16 heavy (non-hydrogen) atoms. The summed E-state index contributed by atoms with van der Waals surface area (Å²) in [5.41, 5.74) is 0.557. The van der Waals surface area contributed by atoms with E-state index in [1.54, 1.807) is 6.07 Å². The highest BCUT2D eigenvalue weighted by Gasteiger charge is 2.19. The monoisotopic (exact) mass is 243 g/mol. The lowest BCUT2D eigenvalue weighted by molar-refractivity contribution is 0.0214. The Morgan fingerprint density at radius 3 is 2.62 bits per heavy atom. The van der Waals surface area contributed by atoms with Gasteiger partial charge in [-0.15, -0.1) is 11.6 Å². The summed E-state index contributed by atoms with van der Waals surface area (Å²) in [6.45, 7) is 0. The van der Waals surface area contributed by atoms with E-state index in [0.29, 0.717) is 5.56 Å². The number of nitrogens with zero attached hydrogens (tertiary/aromatic N) is 1. The van der Waals surface area contributed by atoms with E-state index in [9.17, 15) is 14.6 Å². The highest BCUT2D eigenvalue weighted by atomic mass is 35.5. The van der Waals surface area contributed by atoms with Crippen LogP contribution in [0.3, 0.4) is 0 Å². The molecule has 0 aliphatic rings. The number of rotatable bonds is 4. The third-order valence-corrected chi connectivity index (χ3v) is 2.52. The maximum atomic E-state index is 13.3. The molecule has 2 unspecified atom stereocenters. The summed E-state index contributed by atoms with van der Waals surface area (Å²) in [7, 11) is 0. The summed E-state index contributed by atoms with van der Waals surface area (Å²) in [5, 5.41) is 27.3. The van der Waals surface area contributed by atoms with E-state index in [2.05, 4.69) is 0 Å². The Bertz CT molecular complexity index is 405. The molecule has 0 radical (unpaired) electrons.